The van der Waals surface area contributed by atoms with Crippen LogP contribution in [0.2, 0.25) is 0 Å². The number of nitrogens with zero attached hydrogens (tertiary/aromatic N) is 1. The van der Waals surface area contributed by atoms with E-state index < -0.39 is 0 Å². The Hall–Kier alpha value is -1.25. The minimum Gasteiger partial charge on any atom is -0.480 e. The zero-order valence-electron chi connectivity index (χ0n) is 12.6. The number of nitrogens with one attached hydrogen (secondary N) is 1. The molecule has 1 aliphatic rings. The molecule has 1 heterocycles. The van der Waals surface area contributed by atoms with E-state index in [1.165, 1.54) is 25.7 Å². The molecule has 0 bridgehead atoms. The summed E-state index contributed by atoms with van der Waals surface area (Å²) in [7, 11) is 1.67. The van der Waals surface area contributed by atoms with E-state index in [9.17, 15) is 0 Å². The zero-order valence-corrected chi connectivity index (χ0v) is 12.6. The Morgan fingerprint density at radius 2 is 1.89 bits per heavy atom. The van der Waals surface area contributed by atoms with E-state index in [2.05, 4.69) is 31.1 Å². The maximum absolute atomic E-state index is 5.29. The van der Waals surface area contributed by atoms with Crippen molar-refractivity contribution in [2.24, 2.45) is 11.3 Å². The molecular formula is C16H26N2O. The third-order valence-electron chi connectivity index (χ3n) is 4.28. The molecule has 0 atom stereocenters. The quantitative estimate of drug-likeness (QED) is 0.890. The van der Waals surface area contributed by atoms with Crippen LogP contribution in [0, 0.1) is 11.3 Å². The van der Waals surface area contributed by atoms with Crippen molar-refractivity contribution in [3.63, 3.8) is 0 Å². The first-order chi connectivity index (χ1) is 9.00. The van der Waals surface area contributed by atoms with Gasteiger partial charge in [0.15, 0.2) is 0 Å². The fourth-order valence-corrected chi connectivity index (χ4v) is 2.99. The Morgan fingerprint density at radius 3 is 2.47 bits per heavy atom. The summed E-state index contributed by atoms with van der Waals surface area (Å²) in [5, 5.41) is 3.58. The topological polar surface area (TPSA) is 34.1 Å². The van der Waals surface area contributed by atoms with E-state index in [1.807, 2.05) is 12.1 Å². The molecule has 1 aromatic heterocycles. The van der Waals surface area contributed by atoms with Crippen LogP contribution in [0.5, 0.6) is 5.88 Å². The van der Waals surface area contributed by atoms with Gasteiger partial charge in [0.1, 0.15) is 0 Å². The van der Waals surface area contributed by atoms with E-state index in [4.69, 9.17) is 4.74 Å². The van der Waals surface area contributed by atoms with E-state index in [-0.39, 0.29) is 0 Å². The lowest BCUT2D eigenvalue weighted by Crippen LogP contribution is -2.31. The van der Waals surface area contributed by atoms with Crippen LogP contribution in [0.15, 0.2) is 18.3 Å². The molecule has 0 radical (unpaired) electrons. The number of methoxy groups -OCH3 is 1. The van der Waals surface area contributed by atoms with Gasteiger partial charge in [0, 0.05) is 12.2 Å². The Kier molecular flexibility index (Phi) is 4.33. The largest absolute Gasteiger partial charge is 0.480 e. The van der Waals surface area contributed by atoms with Gasteiger partial charge in [0.2, 0.25) is 5.88 Å². The van der Waals surface area contributed by atoms with Gasteiger partial charge >= 0.3 is 0 Å². The van der Waals surface area contributed by atoms with Crippen molar-refractivity contribution < 1.29 is 4.74 Å². The summed E-state index contributed by atoms with van der Waals surface area (Å²) in [6.45, 7) is 7.07. The van der Waals surface area contributed by atoms with Crippen molar-refractivity contribution in [1.29, 1.82) is 0 Å². The Balaban J connectivity index is 1.92. The Morgan fingerprint density at radius 1 is 1.21 bits per heavy atom. The van der Waals surface area contributed by atoms with Crippen molar-refractivity contribution in [2.75, 3.05) is 12.4 Å². The molecule has 2 rings (SSSR count). The number of hydrogen-bond acceptors (Lipinski definition) is 3. The van der Waals surface area contributed by atoms with Crippen LogP contribution >= 0.6 is 0 Å². The lowest BCUT2D eigenvalue weighted by molar-refractivity contribution is 0.173. The van der Waals surface area contributed by atoms with Crippen LogP contribution in [0.25, 0.3) is 0 Å². The van der Waals surface area contributed by atoms with E-state index in [1.54, 1.807) is 13.3 Å². The molecule has 1 saturated carbocycles. The lowest BCUT2D eigenvalue weighted by atomic mass is 9.71. The van der Waals surface area contributed by atoms with Gasteiger partial charge in [0.05, 0.1) is 12.8 Å². The van der Waals surface area contributed by atoms with E-state index >= 15 is 0 Å². The summed E-state index contributed by atoms with van der Waals surface area (Å²) >= 11 is 0. The number of rotatable bonds is 3. The second-order valence-electron chi connectivity index (χ2n) is 6.62. The fourth-order valence-electron chi connectivity index (χ4n) is 2.99. The smallest absolute Gasteiger partial charge is 0.237 e. The molecule has 1 aliphatic carbocycles. The predicted octanol–water partition coefficient (Wildman–Crippen LogP) is 4.11. The Labute approximate surface area is 116 Å². The van der Waals surface area contributed by atoms with Crippen molar-refractivity contribution >= 4 is 5.69 Å². The highest BCUT2D eigenvalue weighted by Crippen LogP contribution is 2.38. The van der Waals surface area contributed by atoms with Crippen LogP contribution in [-0.4, -0.2) is 18.1 Å². The first-order valence-electron chi connectivity index (χ1n) is 7.26. The first kappa shape index (κ1) is 14.2. The van der Waals surface area contributed by atoms with Crippen LogP contribution < -0.4 is 10.1 Å². The predicted molar refractivity (Wildman–Crippen MR) is 79.6 cm³/mol. The molecule has 0 aliphatic heterocycles. The maximum Gasteiger partial charge on any atom is 0.237 e. The second-order valence-corrected chi connectivity index (χ2v) is 6.62. The highest BCUT2D eigenvalue weighted by atomic mass is 16.5. The van der Waals surface area contributed by atoms with Gasteiger partial charge in [-0.3, -0.25) is 0 Å². The number of hydrogen-bond donors (Lipinski definition) is 1. The van der Waals surface area contributed by atoms with Crippen LogP contribution in [0.4, 0.5) is 5.69 Å². The maximum atomic E-state index is 5.29. The van der Waals surface area contributed by atoms with Gasteiger partial charge in [0.25, 0.3) is 0 Å². The van der Waals surface area contributed by atoms with Crippen LogP contribution in [-0.2, 0) is 0 Å². The highest BCUT2D eigenvalue weighted by Gasteiger charge is 2.29. The molecule has 1 aromatic rings. The Bertz CT molecular complexity index is 403. The highest BCUT2D eigenvalue weighted by molar-refractivity contribution is 5.52. The second kappa shape index (κ2) is 5.81. The van der Waals surface area contributed by atoms with E-state index in [0.29, 0.717) is 17.3 Å². The molecule has 3 heteroatoms. The molecule has 106 valence electrons. The van der Waals surface area contributed by atoms with E-state index in [0.717, 1.165) is 11.6 Å². The monoisotopic (exact) mass is 262 g/mol. The molecule has 19 heavy (non-hydrogen) atoms. The summed E-state index contributed by atoms with van der Waals surface area (Å²) in [4.78, 5) is 4.23. The third-order valence-corrected chi connectivity index (χ3v) is 4.28. The third kappa shape index (κ3) is 3.62. The molecule has 3 nitrogen and oxygen atoms in total. The van der Waals surface area contributed by atoms with Gasteiger partial charge in [-0.05, 0) is 49.1 Å². The first-order valence-corrected chi connectivity index (χ1v) is 7.26. The zero-order chi connectivity index (χ0) is 13.9. The van der Waals surface area contributed by atoms with Gasteiger partial charge in [-0.2, -0.15) is 0 Å². The summed E-state index contributed by atoms with van der Waals surface area (Å²) in [5.41, 5.74) is 1.46. The summed E-state index contributed by atoms with van der Waals surface area (Å²) in [6.07, 6.45) is 6.86. The standard InChI is InChI=1S/C16H26N2O/c1-16(2,3)12-7-9-13(10-8-12)18-14-6-5-11-17-15(14)19-4/h5-6,11-13,18H,7-10H2,1-4H3. The lowest BCUT2D eigenvalue weighted by Gasteiger charge is -2.37. The minimum atomic E-state index is 0.441. The SMILES string of the molecule is COc1ncccc1NC1CCC(C(C)(C)C)CC1. The van der Waals surface area contributed by atoms with Crippen LogP contribution in [0.1, 0.15) is 46.5 Å². The number of ether oxygens (including phenoxy) is 1. The van der Waals surface area contributed by atoms with Crippen molar-refractivity contribution in [1.82, 2.24) is 4.98 Å². The normalized spacial score (nSPS) is 24.0. The molecule has 0 spiro atoms. The number of aromatic nitrogens is 1. The molecule has 0 amide bonds. The fraction of sp³-hybridized carbons (Fsp3) is 0.688. The van der Waals surface area contributed by atoms with Gasteiger partial charge in [-0.1, -0.05) is 20.8 Å². The molecule has 0 aromatic carbocycles. The number of anilines is 1. The molecule has 1 fully saturated rings. The van der Waals surface area contributed by atoms with Crippen molar-refractivity contribution in [2.45, 2.75) is 52.5 Å². The summed E-state index contributed by atoms with van der Waals surface area (Å²) in [6, 6.07) is 4.55. The van der Waals surface area contributed by atoms with Gasteiger partial charge in [-0.25, -0.2) is 4.98 Å². The number of pyridine rings is 1. The molecule has 1 N–H and O–H groups in total. The average Bonchev–Trinajstić information content (AvgIpc) is 2.39. The van der Waals surface area contributed by atoms with Crippen LogP contribution in [0.3, 0.4) is 0 Å². The molecule has 0 unspecified atom stereocenters. The summed E-state index contributed by atoms with van der Waals surface area (Å²) < 4.78 is 5.29. The summed E-state index contributed by atoms with van der Waals surface area (Å²) in [5.74, 6) is 1.54. The molecular weight excluding hydrogens is 236 g/mol. The van der Waals surface area contributed by atoms with Crippen molar-refractivity contribution in [3.05, 3.63) is 18.3 Å². The minimum absolute atomic E-state index is 0.441. The average molecular weight is 262 g/mol. The van der Waals surface area contributed by atoms with Crippen molar-refractivity contribution in [3.8, 4) is 5.88 Å². The van der Waals surface area contributed by atoms with Gasteiger partial charge < -0.3 is 10.1 Å². The van der Waals surface area contributed by atoms with Gasteiger partial charge in [-0.15, -0.1) is 0 Å². The molecule has 0 saturated heterocycles.